The fourth-order valence-electron chi connectivity index (χ4n) is 4.68. The number of carbonyl (C=O) groups excluding carboxylic acids is 2. The molecule has 3 rings (SSSR count). The normalized spacial score (nSPS) is 11.7. The molecule has 13 heteroatoms. The van der Waals surface area contributed by atoms with Crippen molar-refractivity contribution in [1.29, 1.82) is 0 Å². The molecule has 0 bridgehead atoms. The van der Waals surface area contributed by atoms with E-state index in [1.54, 1.807) is 13.0 Å². The molecular weight excluding hydrogens is 605 g/mol. The van der Waals surface area contributed by atoms with E-state index >= 15 is 0 Å². The second-order valence-electron chi connectivity index (χ2n) is 9.93. The van der Waals surface area contributed by atoms with Gasteiger partial charge in [0.25, 0.3) is 10.0 Å². The molecule has 0 aliphatic heterocycles. The molecule has 11 nitrogen and oxygen atoms in total. The largest absolute Gasteiger partial charge is 0.497 e. The fraction of sp³-hybridized carbons (Fsp3) is 0.375. The SMILES string of the molecule is CCCNC(=O)C(CC)N(Cc1ccc(F)cc1)C(=O)CN(c1cc(OC)ccc1OC)S(=O)(=O)c1ccc(OC)c(OC)c1. The summed E-state index contributed by atoms with van der Waals surface area (Å²) in [5.74, 6) is -0.562. The molecule has 244 valence electrons. The molecule has 3 aromatic rings. The number of halogens is 1. The predicted octanol–water partition coefficient (Wildman–Crippen LogP) is 4.39. The lowest BCUT2D eigenvalue weighted by Crippen LogP contribution is -2.52. The maximum atomic E-state index is 14.4. The van der Waals surface area contributed by atoms with Crippen LogP contribution in [0, 0.1) is 5.82 Å². The number of nitrogens with one attached hydrogen (secondary N) is 1. The Bertz CT molecular complexity index is 1570. The number of nitrogens with zero attached hydrogens (tertiary/aromatic N) is 2. The lowest BCUT2D eigenvalue weighted by atomic mass is 10.1. The molecule has 0 saturated carbocycles. The zero-order chi connectivity index (χ0) is 33.1. The molecule has 0 aliphatic rings. The van der Waals surface area contributed by atoms with Crippen LogP contribution in [0.25, 0.3) is 0 Å². The van der Waals surface area contributed by atoms with E-state index in [-0.39, 0.29) is 41.0 Å². The van der Waals surface area contributed by atoms with E-state index in [2.05, 4.69) is 5.32 Å². The molecule has 1 unspecified atom stereocenters. The molecule has 0 heterocycles. The van der Waals surface area contributed by atoms with Crippen LogP contribution in [0.1, 0.15) is 32.3 Å². The average Bonchev–Trinajstić information content (AvgIpc) is 3.05. The zero-order valence-electron chi connectivity index (χ0n) is 26.3. The van der Waals surface area contributed by atoms with Gasteiger partial charge in [0.1, 0.15) is 29.9 Å². The lowest BCUT2D eigenvalue weighted by Gasteiger charge is -2.33. The van der Waals surface area contributed by atoms with E-state index in [1.165, 1.54) is 87.9 Å². The Hall–Kier alpha value is -4.52. The van der Waals surface area contributed by atoms with Gasteiger partial charge in [-0.2, -0.15) is 0 Å². The molecule has 3 aromatic carbocycles. The van der Waals surface area contributed by atoms with Crippen LogP contribution < -0.4 is 28.6 Å². The maximum Gasteiger partial charge on any atom is 0.265 e. The summed E-state index contributed by atoms with van der Waals surface area (Å²) in [6, 6.07) is 13.2. The van der Waals surface area contributed by atoms with E-state index in [9.17, 15) is 22.4 Å². The summed E-state index contributed by atoms with van der Waals surface area (Å²) < 4.78 is 64.9. The highest BCUT2D eigenvalue weighted by Crippen LogP contribution is 2.38. The highest BCUT2D eigenvalue weighted by molar-refractivity contribution is 7.92. The van der Waals surface area contributed by atoms with Gasteiger partial charge in [-0.05, 0) is 54.8 Å². The van der Waals surface area contributed by atoms with Crippen LogP contribution in [0.5, 0.6) is 23.0 Å². The zero-order valence-corrected chi connectivity index (χ0v) is 27.1. The fourth-order valence-corrected chi connectivity index (χ4v) is 6.11. The van der Waals surface area contributed by atoms with Gasteiger partial charge in [0, 0.05) is 25.2 Å². The van der Waals surface area contributed by atoms with Crippen molar-refractivity contribution in [2.45, 2.75) is 44.2 Å². The summed E-state index contributed by atoms with van der Waals surface area (Å²) in [7, 11) is 1.13. The van der Waals surface area contributed by atoms with E-state index in [1.807, 2.05) is 6.92 Å². The molecule has 0 saturated heterocycles. The van der Waals surface area contributed by atoms with Crippen molar-refractivity contribution >= 4 is 27.5 Å². The molecule has 1 atom stereocenters. The number of rotatable bonds is 16. The standard InChI is InChI=1S/C32H40FN3O8S/c1-7-17-34-32(38)26(8-2)35(20-22-9-11-23(33)12-10-22)31(37)21-36(27-18-24(41-3)13-15-28(27)42-4)45(39,40)25-14-16-29(43-5)30(19-25)44-6/h9-16,18-19,26H,7-8,17,20-21H2,1-6H3,(H,34,38). The third-order valence-corrected chi connectivity index (χ3v) is 8.83. The van der Waals surface area contributed by atoms with Crippen molar-refractivity contribution in [2.24, 2.45) is 0 Å². The minimum Gasteiger partial charge on any atom is -0.497 e. The number of hydrogen-bond donors (Lipinski definition) is 1. The molecule has 2 amide bonds. The number of ether oxygens (including phenoxy) is 4. The first-order valence-corrected chi connectivity index (χ1v) is 15.8. The van der Waals surface area contributed by atoms with E-state index in [0.717, 1.165) is 4.31 Å². The Morgan fingerprint density at radius 1 is 0.844 bits per heavy atom. The second-order valence-corrected chi connectivity index (χ2v) is 11.8. The lowest BCUT2D eigenvalue weighted by molar-refractivity contribution is -0.140. The third kappa shape index (κ3) is 8.35. The Balaban J connectivity index is 2.18. The summed E-state index contributed by atoms with van der Waals surface area (Å²) >= 11 is 0. The second kappa shape index (κ2) is 16.0. The van der Waals surface area contributed by atoms with Crippen LogP contribution in [-0.2, 0) is 26.2 Å². The molecular formula is C32H40FN3O8S. The Morgan fingerprint density at radius 3 is 2.07 bits per heavy atom. The van der Waals surface area contributed by atoms with Gasteiger partial charge in [0.2, 0.25) is 11.8 Å². The maximum absolute atomic E-state index is 14.4. The van der Waals surface area contributed by atoms with E-state index in [4.69, 9.17) is 18.9 Å². The van der Waals surface area contributed by atoms with Crippen LogP contribution in [0.2, 0.25) is 0 Å². The smallest absolute Gasteiger partial charge is 0.265 e. The number of carbonyl (C=O) groups is 2. The minimum atomic E-state index is -4.48. The molecule has 0 fully saturated rings. The van der Waals surface area contributed by atoms with Crippen molar-refractivity contribution in [3.63, 3.8) is 0 Å². The van der Waals surface area contributed by atoms with Crippen molar-refractivity contribution in [1.82, 2.24) is 10.2 Å². The summed E-state index contributed by atoms with van der Waals surface area (Å²) in [5.41, 5.74) is 0.588. The third-order valence-electron chi connectivity index (χ3n) is 7.08. The van der Waals surface area contributed by atoms with Crippen LogP contribution in [0.3, 0.4) is 0 Å². The average molecular weight is 646 g/mol. The monoisotopic (exact) mass is 645 g/mol. The first-order valence-electron chi connectivity index (χ1n) is 14.3. The summed E-state index contributed by atoms with van der Waals surface area (Å²) in [6.07, 6.45) is 0.925. The summed E-state index contributed by atoms with van der Waals surface area (Å²) in [5, 5.41) is 2.82. The van der Waals surface area contributed by atoms with E-state index < -0.39 is 34.3 Å². The van der Waals surface area contributed by atoms with Crippen molar-refractivity contribution < 1.29 is 41.3 Å². The molecule has 0 spiro atoms. The van der Waals surface area contributed by atoms with Gasteiger partial charge in [0.15, 0.2) is 11.5 Å². The molecule has 0 aliphatic carbocycles. The first kappa shape index (κ1) is 35.0. The highest BCUT2D eigenvalue weighted by atomic mass is 32.2. The van der Waals surface area contributed by atoms with Gasteiger partial charge in [-0.25, -0.2) is 12.8 Å². The van der Waals surface area contributed by atoms with Crippen molar-refractivity contribution in [3.8, 4) is 23.0 Å². The first-order chi connectivity index (χ1) is 21.5. The van der Waals surface area contributed by atoms with Crippen molar-refractivity contribution in [3.05, 3.63) is 72.0 Å². The van der Waals surface area contributed by atoms with E-state index in [0.29, 0.717) is 30.0 Å². The predicted molar refractivity (Wildman–Crippen MR) is 168 cm³/mol. The highest BCUT2D eigenvalue weighted by Gasteiger charge is 2.35. The number of methoxy groups -OCH3 is 4. The number of anilines is 1. The van der Waals surface area contributed by atoms with Gasteiger partial charge in [-0.15, -0.1) is 0 Å². The number of amides is 2. The number of sulfonamides is 1. The van der Waals surface area contributed by atoms with Crippen LogP contribution in [0.4, 0.5) is 10.1 Å². The Kier molecular flexibility index (Phi) is 12.4. The number of benzene rings is 3. The van der Waals surface area contributed by atoms with Gasteiger partial charge in [0.05, 0.1) is 39.0 Å². The summed E-state index contributed by atoms with van der Waals surface area (Å²) in [4.78, 5) is 28.7. The quantitative estimate of drug-likeness (QED) is 0.243. The summed E-state index contributed by atoms with van der Waals surface area (Å²) in [6.45, 7) is 3.27. The minimum absolute atomic E-state index is 0.0326. The van der Waals surface area contributed by atoms with Gasteiger partial charge in [-0.1, -0.05) is 26.0 Å². The Morgan fingerprint density at radius 2 is 1.49 bits per heavy atom. The van der Waals surface area contributed by atoms with Crippen LogP contribution in [0.15, 0.2) is 65.6 Å². The molecule has 0 radical (unpaired) electrons. The topological polar surface area (TPSA) is 124 Å². The molecule has 0 aromatic heterocycles. The van der Waals surface area contributed by atoms with Crippen molar-refractivity contribution in [2.75, 3.05) is 45.8 Å². The Labute approximate surface area is 263 Å². The van der Waals surface area contributed by atoms with Crippen LogP contribution in [-0.4, -0.2) is 72.7 Å². The van der Waals surface area contributed by atoms with Crippen LogP contribution >= 0.6 is 0 Å². The molecule has 1 N–H and O–H groups in total. The van der Waals surface area contributed by atoms with Gasteiger partial charge >= 0.3 is 0 Å². The van der Waals surface area contributed by atoms with Gasteiger partial charge < -0.3 is 29.2 Å². The van der Waals surface area contributed by atoms with Gasteiger partial charge in [-0.3, -0.25) is 13.9 Å². The molecule has 45 heavy (non-hydrogen) atoms. The number of hydrogen-bond acceptors (Lipinski definition) is 8.